The van der Waals surface area contributed by atoms with Crippen molar-refractivity contribution in [3.63, 3.8) is 0 Å². The molecule has 164 valence electrons. The Balaban J connectivity index is 1.26. The molecule has 0 N–H and O–H groups in total. The lowest BCUT2D eigenvalue weighted by atomic mass is 9.80. The van der Waals surface area contributed by atoms with E-state index in [2.05, 4.69) is 0 Å². The number of carbonyl (C=O) groups is 1. The predicted molar refractivity (Wildman–Crippen MR) is 114 cm³/mol. The van der Waals surface area contributed by atoms with Gasteiger partial charge in [-0.15, -0.1) is 0 Å². The summed E-state index contributed by atoms with van der Waals surface area (Å²) in [7, 11) is 0. The average molecular weight is 425 g/mol. The van der Waals surface area contributed by atoms with Gasteiger partial charge in [0.1, 0.15) is 5.75 Å². The van der Waals surface area contributed by atoms with Gasteiger partial charge >= 0.3 is 5.97 Å². The summed E-state index contributed by atoms with van der Waals surface area (Å²) in [4.78, 5) is 12.5. The van der Waals surface area contributed by atoms with E-state index < -0.39 is 17.6 Å². The van der Waals surface area contributed by atoms with Crippen molar-refractivity contribution in [2.24, 2.45) is 23.7 Å². The SMILES string of the molecule is CC(C)(Oc1cc(C(=O)Oc2ccccc2)ccc1F)OC1CC2CC1C1CCCC21. The molecule has 31 heavy (non-hydrogen) atoms. The lowest BCUT2D eigenvalue weighted by Crippen LogP contribution is -2.41. The van der Waals surface area contributed by atoms with Gasteiger partial charge in [0.05, 0.1) is 11.7 Å². The van der Waals surface area contributed by atoms with Crippen LogP contribution < -0.4 is 9.47 Å². The van der Waals surface area contributed by atoms with Crippen LogP contribution in [0.25, 0.3) is 0 Å². The van der Waals surface area contributed by atoms with Crippen LogP contribution in [0, 0.1) is 29.5 Å². The molecule has 5 rings (SSSR count). The number of esters is 1. The molecular formula is C26H29FO4. The number of fused-ring (bicyclic) bond motifs is 5. The first-order valence-electron chi connectivity index (χ1n) is 11.3. The molecule has 4 nitrogen and oxygen atoms in total. The number of halogens is 1. The van der Waals surface area contributed by atoms with Crippen LogP contribution in [0.2, 0.25) is 0 Å². The van der Waals surface area contributed by atoms with Gasteiger partial charge in [-0.25, -0.2) is 9.18 Å². The van der Waals surface area contributed by atoms with E-state index in [1.807, 2.05) is 19.9 Å². The molecule has 5 atom stereocenters. The van der Waals surface area contributed by atoms with Crippen LogP contribution in [0.3, 0.4) is 0 Å². The maximum absolute atomic E-state index is 14.5. The van der Waals surface area contributed by atoms with E-state index in [4.69, 9.17) is 14.2 Å². The van der Waals surface area contributed by atoms with Crippen LogP contribution in [0.4, 0.5) is 4.39 Å². The van der Waals surface area contributed by atoms with Gasteiger partial charge in [-0.05, 0) is 79.7 Å². The Morgan fingerprint density at radius 1 is 1.00 bits per heavy atom. The molecule has 2 bridgehead atoms. The van der Waals surface area contributed by atoms with Gasteiger partial charge in [-0.2, -0.15) is 0 Å². The van der Waals surface area contributed by atoms with Crippen LogP contribution in [0.15, 0.2) is 48.5 Å². The van der Waals surface area contributed by atoms with Crippen LogP contribution in [-0.4, -0.2) is 17.9 Å². The third-order valence-corrected chi connectivity index (χ3v) is 7.28. The number of hydrogen-bond acceptors (Lipinski definition) is 4. The van der Waals surface area contributed by atoms with Crippen molar-refractivity contribution >= 4 is 5.97 Å². The highest BCUT2D eigenvalue weighted by Gasteiger charge is 2.55. The maximum Gasteiger partial charge on any atom is 0.343 e. The van der Waals surface area contributed by atoms with Crippen LogP contribution in [0.1, 0.15) is 56.3 Å². The number of carbonyl (C=O) groups excluding carboxylic acids is 1. The normalized spacial score (nSPS) is 29.1. The number of rotatable bonds is 6. The van der Waals surface area contributed by atoms with Gasteiger partial charge in [-0.3, -0.25) is 0 Å². The van der Waals surface area contributed by atoms with E-state index in [-0.39, 0.29) is 17.4 Å². The molecular weight excluding hydrogens is 395 g/mol. The molecule has 0 heterocycles. The smallest absolute Gasteiger partial charge is 0.343 e. The first-order chi connectivity index (χ1) is 14.9. The quantitative estimate of drug-likeness (QED) is 0.324. The molecule has 5 heteroatoms. The maximum atomic E-state index is 14.5. The zero-order valence-electron chi connectivity index (χ0n) is 18.1. The van der Waals surface area contributed by atoms with E-state index >= 15 is 0 Å². The van der Waals surface area contributed by atoms with E-state index in [0.717, 1.165) is 24.2 Å². The van der Waals surface area contributed by atoms with E-state index in [1.54, 1.807) is 24.3 Å². The highest BCUT2D eigenvalue weighted by atomic mass is 19.1. The minimum absolute atomic E-state index is 0.00518. The van der Waals surface area contributed by atoms with Gasteiger partial charge in [0.2, 0.25) is 5.79 Å². The summed E-state index contributed by atoms with van der Waals surface area (Å²) in [5, 5.41) is 0. The number of benzene rings is 2. The molecule has 3 fully saturated rings. The molecule has 2 aromatic rings. The van der Waals surface area contributed by atoms with Crippen LogP contribution in [-0.2, 0) is 4.74 Å². The number of para-hydroxylation sites is 1. The number of ether oxygens (including phenoxy) is 3. The highest BCUT2D eigenvalue weighted by molar-refractivity contribution is 5.91. The molecule has 0 saturated heterocycles. The molecule has 5 unspecified atom stereocenters. The van der Waals surface area contributed by atoms with Crippen molar-refractivity contribution in [2.75, 3.05) is 0 Å². The molecule has 3 aliphatic rings. The van der Waals surface area contributed by atoms with Gasteiger partial charge in [0, 0.05) is 13.8 Å². The second-order valence-corrected chi connectivity index (χ2v) is 9.66. The molecule has 3 aliphatic carbocycles. The lowest BCUT2D eigenvalue weighted by Gasteiger charge is -2.37. The second-order valence-electron chi connectivity index (χ2n) is 9.66. The Bertz CT molecular complexity index is 957. The zero-order chi connectivity index (χ0) is 21.6. The van der Waals surface area contributed by atoms with Crippen molar-refractivity contribution in [1.82, 2.24) is 0 Å². The monoisotopic (exact) mass is 424 g/mol. The van der Waals surface area contributed by atoms with Crippen molar-refractivity contribution in [1.29, 1.82) is 0 Å². The Morgan fingerprint density at radius 2 is 1.77 bits per heavy atom. The molecule has 0 amide bonds. The molecule has 0 aromatic heterocycles. The largest absolute Gasteiger partial charge is 0.460 e. The molecule has 3 saturated carbocycles. The first kappa shape index (κ1) is 20.5. The summed E-state index contributed by atoms with van der Waals surface area (Å²) in [5.74, 6) is 1.38. The summed E-state index contributed by atoms with van der Waals surface area (Å²) in [5.41, 5.74) is 0.227. The Kier molecular flexibility index (Phi) is 5.25. The summed E-state index contributed by atoms with van der Waals surface area (Å²) >= 11 is 0. The summed E-state index contributed by atoms with van der Waals surface area (Å²) in [6.07, 6.45) is 6.51. The van der Waals surface area contributed by atoms with Crippen molar-refractivity contribution in [3.8, 4) is 11.5 Å². The molecule has 0 aliphatic heterocycles. The predicted octanol–water partition coefficient (Wildman–Crippen LogP) is 6.00. The summed E-state index contributed by atoms with van der Waals surface area (Å²) in [6.45, 7) is 3.64. The van der Waals surface area contributed by atoms with E-state index in [9.17, 15) is 9.18 Å². The van der Waals surface area contributed by atoms with Crippen molar-refractivity contribution in [3.05, 3.63) is 59.9 Å². The molecule has 0 radical (unpaired) electrons. The third-order valence-electron chi connectivity index (χ3n) is 7.28. The Hall–Kier alpha value is -2.40. The van der Waals surface area contributed by atoms with Gasteiger partial charge in [-0.1, -0.05) is 24.6 Å². The number of hydrogen-bond donors (Lipinski definition) is 0. The summed E-state index contributed by atoms with van der Waals surface area (Å²) < 4.78 is 32.2. The topological polar surface area (TPSA) is 44.8 Å². The minimum Gasteiger partial charge on any atom is -0.460 e. The highest BCUT2D eigenvalue weighted by Crippen LogP contribution is 2.59. The van der Waals surface area contributed by atoms with Gasteiger partial charge in [0.15, 0.2) is 11.6 Å². The molecule has 2 aromatic carbocycles. The minimum atomic E-state index is -0.994. The lowest BCUT2D eigenvalue weighted by molar-refractivity contribution is -0.204. The summed E-state index contributed by atoms with van der Waals surface area (Å²) in [6, 6.07) is 12.8. The fraction of sp³-hybridized carbons (Fsp3) is 0.500. The van der Waals surface area contributed by atoms with E-state index in [1.165, 1.54) is 43.9 Å². The van der Waals surface area contributed by atoms with Crippen molar-refractivity contribution < 1.29 is 23.4 Å². The third kappa shape index (κ3) is 4.08. The Labute approximate surface area is 182 Å². The van der Waals surface area contributed by atoms with Gasteiger partial charge in [0.25, 0.3) is 0 Å². The van der Waals surface area contributed by atoms with Crippen molar-refractivity contribution in [2.45, 2.75) is 57.8 Å². The average Bonchev–Trinajstić information content (AvgIpc) is 3.43. The second kappa shape index (κ2) is 7.94. The standard InChI is InChI=1S/C26H29FO4/c1-26(2,30-23-15-17-13-21(23)20-10-6-9-19(17)20)31-24-14-16(11-12-22(24)27)25(28)29-18-7-4-3-5-8-18/h3-5,7-8,11-12,14,17,19-21,23H,6,9-10,13,15H2,1-2H3. The fourth-order valence-electron chi connectivity index (χ4n) is 6.16. The van der Waals surface area contributed by atoms with Crippen LogP contribution in [0.5, 0.6) is 11.5 Å². The zero-order valence-corrected chi connectivity index (χ0v) is 18.1. The van der Waals surface area contributed by atoms with Gasteiger partial charge < -0.3 is 14.2 Å². The molecule has 0 spiro atoms. The van der Waals surface area contributed by atoms with Crippen LogP contribution >= 0.6 is 0 Å². The fourth-order valence-corrected chi connectivity index (χ4v) is 6.16. The first-order valence-corrected chi connectivity index (χ1v) is 11.3. The van der Waals surface area contributed by atoms with E-state index in [0.29, 0.717) is 11.7 Å². The Morgan fingerprint density at radius 3 is 2.58 bits per heavy atom.